The van der Waals surface area contributed by atoms with Gasteiger partial charge < -0.3 is 10.4 Å². The lowest BCUT2D eigenvalue weighted by Crippen LogP contribution is -2.38. The van der Waals surface area contributed by atoms with Crippen molar-refractivity contribution in [2.24, 2.45) is 0 Å². The van der Waals surface area contributed by atoms with E-state index in [2.05, 4.69) is 5.32 Å². The van der Waals surface area contributed by atoms with Gasteiger partial charge >= 0.3 is 0 Å². The van der Waals surface area contributed by atoms with Crippen molar-refractivity contribution in [3.05, 3.63) is 0 Å². The van der Waals surface area contributed by atoms with Crippen molar-refractivity contribution >= 4 is 10.0 Å². The maximum Gasteiger partial charge on any atom is 0.218 e. The fourth-order valence-corrected chi connectivity index (χ4v) is 3.25. The molecular weight excluding hydrogens is 216 g/mol. The van der Waals surface area contributed by atoms with Gasteiger partial charge in [-0.25, -0.2) is 12.7 Å². The normalized spacial score (nSPS) is 24.7. The van der Waals surface area contributed by atoms with Crippen LogP contribution in [0.15, 0.2) is 0 Å². The fourth-order valence-electron chi connectivity index (χ4n) is 1.63. The number of nitrogens with one attached hydrogen (secondary N) is 1. The van der Waals surface area contributed by atoms with E-state index in [4.69, 9.17) is 5.11 Å². The summed E-state index contributed by atoms with van der Waals surface area (Å²) in [6, 6.07) is 0. The Kier molecular flexibility index (Phi) is 4.51. The largest absolute Gasteiger partial charge is 0.393 e. The van der Waals surface area contributed by atoms with Crippen molar-refractivity contribution in [2.75, 3.05) is 26.7 Å². The molecule has 0 radical (unpaired) electrons. The Morgan fingerprint density at radius 2 is 2.27 bits per heavy atom. The molecule has 0 aliphatic carbocycles. The summed E-state index contributed by atoms with van der Waals surface area (Å²) in [7, 11) is -1.60. The van der Waals surface area contributed by atoms with Crippen LogP contribution in [-0.2, 0) is 10.0 Å². The third-order valence-electron chi connectivity index (χ3n) is 2.73. The van der Waals surface area contributed by atoms with Crippen molar-refractivity contribution in [1.82, 2.24) is 9.62 Å². The van der Waals surface area contributed by atoms with Crippen molar-refractivity contribution in [3.63, 3.8) is 0 Å². The smallest absolute Gasteiger partial charge is 0.218 e. The van der Waals surface area contributed by atoms with Crippen LogP contribution in [0.4, 0.5) is 0 Å². The zero-order chi connectivity index (χ0) is 11.5. The summed E-state index contributed by atoms with van der Waals surface area (Å²) >= 11 is 0. The summed E-state index contributed by atoms with van der Waals surface area (Å²) < 4.78 is 25.3. The van der Waals surface area contributed by atoms with E-state index in [0.29, 0.717) is 25.9 Å². The molecule has 2 unspecified atom stereocenters. The van der Waals surface area contributed by atoms with Crippen LogP contribution in [-0.4, -0.2) is 55.9 Å². The van der Waals surface area contributed by atoms with E-state index in [1.165, 1.54) is 4.31 Å². The van der Waals surface area contributed by atoms with Gasteiger partial charge in [0.2, 0.25) is 10.0 Å². The monoisotopic (exact) mass is 236 g/mol. The van der Waals surface area contributed by atoms with Crippen molar-refractivity contribution in [1.29, 1.82) is 0 Å². The lowest BCUT2D eigenvalue weighted by molar-refractivity contribution is 0.177. The predicted molar refractivity (Wildman–Crippen MR) is 59.1 cm³/mol. The highest BCUT2D eigenvalue weighted by Gasteiger charge is 2.31. The summed E-state index contributed by atoms with van der Waals surface area (Å²) in [6.45, 7) is 3.36. The summed E-state index contributed by atoms with van der Waals surface area (Å²) in [6.07, 6.45) is 0.710. The van der Waals surface area contributed by atoms with Crippen LogP contribution in [0.3, 0.4) is 0 Å². The topological polar surface area (TPSA) is 69.6 Å². The SMILES string of the molecule is CC(O)CCN(C)S(=O)(=O)C1CCNC1. The zero-order valence-electron chi connectivity index (χ0n) is 9.31. The standard InChI is InChI=1S/C9H20N2O3S/c1-8(12)4-6-11(2)15(13,14)9-3-5-10-7-9/h8-10,12H,3-7H2,1-2H3. The average Bonchev–Trinajstić information content (AvgIpc) is 2.66. The molecule has 1 aliphatic rings. The molecule has 90 valence electrons. The number of nitrogens with zero attached hydrogens (tertiary/aromatic N) is 1. The molecule has 5 nitrogen and oxygen atoms in total. The zero-order valence-corrected chi connectivity index (χ0v) is 10.1. The fraction of sp³-hybridized carbons (Fsp3) is 1.00. The Labute approximate surface area is 91.5 Å². The minimum absolute atomic E-state index is 0.295. The Morgan fingerprint density at radius 3 is 2.73 bits per heavy atom. The number of aliphatic hydroxyl groups excluding tert-OH is 1. The van der Waals surface area contributed by atoms with Gasteiger partial charge in [0, 0.05) is 20.1 Å². The molecule has 0 spiro atoms. The summed E-state index contributed by atoms with van der Waals surface area (Å²) in [5, 5.41) is 11.8. The summed E-state index contributed by atoms with van der Waals surface area (Å²) in [5.74, 6) is 0. The van der Waals surface area contributed by atoms with E-state index in [9.17, 15) is 8.42 Å². The molecule has 1 heterocycles. The van der Waals surface area contributed by atoms with Gasteiger partial charge in [0.1, 0.15) is 0 Å². The van der Waals surface area contributed by atoms with Crippen molar-refractivity contribution < 1.29 is 13.5 Å². The van der Waals surface area contributed by atoms with Gasteiger partial charge in [-0.05, 0) is 26.3 Å². The molecule has 1 rings (SSSR count). The van der Waals surface area contributed by atoms with Gasteiger partial charge in [-0.2, -0.15) is 0 Å². The molecule has 2 atom stereocenters. The van der Waals surface area contributed by atoms with Crippen molar-refractivity contribution in [3.8, 4) is 0 Å². The Hall–Kier alpha value is -0.170. The molecule has 0 amide bonds. The maximum absolute atomic E-state index is 11.9. The van der Waals surface area contributed by atoms with Crippen LogP contribution in [0.1, 0.15) is 19.8 Å². The van der Waals surface area contributed by atoms with E-state index in [0.717, 1.165) is 6.54 Å². The molecule has 15 heavy (non-hydrogen) atoms. The molecule has 1 aliphatic heterocycles. The van der Waals surface area contributed by atoms with E-state index in [1.807, 2.05) is 0 Å². The molecule has 1 saturated heterocycles. The Morgan fingerprint density at radius 1 is 1.60 bits per heavy atom. The average molecular weight is 236 g/mol. The molecule has 6 heteroatoms. The minimum Gasteiger partial charge on any atom is -0.393 e. The number of hydrogen-bond donors (Lipinski definition) is 2. The van der Waals surface area contributed by atoms with Crippen LogP contribution in [0.5, 0.6) is 0 Å². The van der Waals surface area contributed by atoms with Gasteiger partial charge in [0.25, 0.3) is 0 Å². The van der Waals surface area contributed by atoms with E-state index in [-0.39, 0.29) is 5.25 Å². The third-order valence-corrected chi connectivity index (χ3v) is 5.03. The van der Waals surface area contributed by atoms with Gasteiger partial charge in [0.15, 0.2) is 0 Å². The molecular formula is C9H20N2O3S. The number of rotatable bonds is 5. The van der Waals surface area contributed by atoms with Gasteiger partial charge in [0.05, 0.1) is 11.4 Å². The number of hydrogen-bond acceptors (Lipinski definition) is 4. The molecule has 0 aromatic heterocycles. The quantitative estimate of drug-likeness (QED) is 0.667. The number of aliphatic hydroxyl groups is 1. The molecule has 1 fully saturated rings. The van der Waals surface area contributed by atoms with Gasteiger partial charge in [-0.15, -0.1) is 0 Å². The van der Waals surface area contributed by atoms with Crippen LogP contribution in [0, 0.1) is 0 Å². The van der Waals surface area contributed by atoms with Crippen LogP contribution in [0.25, 0.3) is 0 Å². The lowest BCUT2D eigenvalue weighted by Gasteiger charge is -2.21. The number of sulfonamides is 1. The first-order valence-corrected chi connectivity index (χ1v) is 6.79. The van der Waals surface area contributed by atoms with Crippen LogP contribution < -0.4 is 5.32 Å². The summed E-state index contributed by atoms with van der Waals surface area (Å²) in [4.78, 5) is 0. The van der Waals surface area contributed by atoms with Crippen molar-refractivity contribution in [2.45, 2.75) is 31.1 Å². The second kappa shape index (κ2) is 5.25. The lowest BCUT2D eigenvalue weighted by atomic mass is 10.3. The highest BCUT2D eigenvalue weighted by molar-refractivity contribution is 7.89. The van der Waals surface area contributed by atoms with E-state index >= 15 is 0 Å². The second-order valence-corrected chi connectivity index (χ2v) is 6.44. The molecule has 2 N–H and O–H groups in total. The highest BCUT2D eigenvalue weighted by Crippen LogP contribution is 2.14. The maximum atomic E-state index is 11.9. The predicted octanol–water partition coefficient (Wildman–Crippen LogP) is -0.619. The molecule has 0 saturated carbocycles. The molecule has 0 aromatic rings. The van der Waals surface area contributed by atoms with E-state index < -0.39 is 16.1 Å². The van der Waals surface area contributed by atoms with Gasteiger partial charge in [-0.3, -0.25) is 0 Å². The first-order chi connectivity index (χ1) is 6.94. The molecule has 0 bridgehead atoms. The van der Waals surface area contributed by atoms with E-state index in [1.54, 1.807) is 14.0 Å². The van der Waals surface area contributed by atoms with Gasteiger partial charge in [-0.1, -0.05) is 0 Å². The van der Waals surface area contributed by atoms with Crippen LogP contribution in [0.2, 0.25) is 0 Å². The minimum atomic E-state index is -3.17. The highest BCUT2D eigenvalue weighted by atomic mass is 32.2. The first-order valence-electron chi connectivity index (χ1n) is 5.28. The second-order valence-electron chi connectivity index (χ2n) is 4.12. The first kappa shape index (κ1) is 12.9. The Balaban J connectivity index is 2.52. The Bertz CT molecular complexity index is 284. The summed E-state index contributed by atoms with van der Waals surface area (Å²) in [5.41, 5.74) is 0. The molecule has 0 aromatic carbocycles. The third kappa shape index (κ3) is 3.41. The van der Waals surface area contributed by atoms with Crippen LogP contribution >= 0.6 is 0 Å².